The lowest BCUT2D eigenvalue weighted by atomic mass is 10.2. The van der Waals surface area contributed by atoms with Gasteiger partial charge in [-0.25, -0.2) is 4.39 Å². The Hall–Kier alpha value is -0.220. The Labute approximate surface area is 79.9 Å². The summed E-state index contributed by atoms with van der Waals surface area (Å²) in [5.74, 6) is -0.443. The average Bonchev–Trinajstić information content (AvgIpc) is 1.99. The van der Waals surface area contributed by atoms with Crippen LogP contribution < -0.4 is 0 Å². The molecule has 0 N–H and O–H groups in total. The number of aldehydes is 1. The second kappa shape index (κ2) is 3.45. The minimum atomic E-state index is -0.443. The zero-order valence-electron chi connectivity index (χ0n) is 5.27. The van der Waals surface area contributed by atoms with E-state index >= 15 is 0 Å². The highest BCUT2D eigenvalue weighted by atomic mass is 79.9. The summed E-state index contributed by atoms with van der Waals surface area (Å²) in [5.41, 5.74) is 0.317. The van der Waals surface area contributed by atoms with Gasteiger partial charge in [-0.05, 0) is 44.0 Å². The van der Waals surface area contributed by atoms with Crippen LogP contribution in [0.5, 0.6) is 0 Å². The predicted octanol–water partition coefficient (Wildman–Crippen LogP) is 3.16. The molecule has 0 bridgehead atoms. The molecule has 58 valence electrons. The first-order valence-electron chi connectivity index (χ1n) is 2.75. The summed E-state index contributed by atoms with van der Waals surface area (Å²) in [6, 6.07) is 2.71. The molecule has 0 atom stereocenters. The van der Waals surface area contributed by atoms with E-state index in [2.05, 4.69) is 31.9 Å². The fourth-order valence-corrected chi connectivity index (χ4v) is 1.33. The molecule has 0 saturated heterocycles. The van der Waals surface area contributed by atoms with Crippen LogP contribution in [0.3, 0.4) is 0 Å². The van der Waals surface area contributed by atoms with E-state index in [1.165, 1.54) is 6.07 Å². The number of carbonyl (C=O) groups is 1. The van der Waals surface area contributed by atoms with Gasteiger partial charge in [0, 0.05) is 10.0 Å². The van der Waals surface area contributed by atoms with Gasteiger partial charge in [0.2, 0.25) is 0 Å². The number of carbonyl (C=O) groups excluding carboxylic acids is 1. The van der Waals surface area contributed by atoms with Crippen molar-refractivity contribution in [2.75, 3.05) is 0 Å². The Bertz CT molecular complexity index is 275. The summed E-state index contributed by atoms with van der Waals surface area (Å²) < 4.78 is 13.7. The van der Waals surface area contributed by atoms with Gasteiger partial charge in [-0.2, -0.15) is 0 Å². The molecule has 0 amide bonds. The third kappa shape index (κ3) is 1.87. The molecule has 0 fully saturated rings. The number of hydrogen-bond donors (Lipinski definition) is 0. The second-order valence-electron chi connectivity index (χ2n) is 1.92. The maximum atomic E-state index is 12.8. The Morgan fingerprint density at radius 2 is 2.00 bits per heavy atom. The molecule has 0 aliphatic heterocycles. The minimum Gasteiger partial charge on any atom is -0.298 e. The lowest BCUT2D eigenvalue weighted by Gasteiger charge is -1.98. The first-order valence-corrected chi connectivity index (χ1v) is 4.33. The van der Waals surface area contributed by atoms with Gasteiger partial charge in [0.25, 0.3) is 0 Å². The van der Waals surface area contributed by atoms with Gasteiger partial charge >= 0.3 is 0 Å². The Morgan fingerprint density at radius 1 is 1.36 bits per heavy atom. The van der Waals surface area contributed by atoms with Crippen LogP contribution in [0.2, 0.25) is 0 Å². The van der Waals surface area contributed by atoms with Crippen LogP contribution in [-0.4, -0.2) is 6.29 Å². The SMILES string of the molecule is O=Cc1cc(F)c(Br)c(Br)c1. The van der Waals surface area contributed by atoms with Crippen LogP contribution in [0.4, 0.5) is 4.39 Å². The van der Waals surface area contributed by atoms with Gasteiger partial charge in [-0.15, -0.1) is 0 Å². The van der Waals surface area contributed by atoms with Gasteiger partial charge in [-0.1, -0.05) is 0 Å². The van der Waals surface area contributed by atoms with Gasteiger partial charge in [0.15, 0.2) is 0 Å². The molecule has 4 heteroatoms. The molecule has 1 nitrogen and oxygen atoms in total. The van der Waals surface area contributed by atoms with Crippen molar-refractivity contribution in [2.24, 2.45) is 0 Å². The first kappa shape index (κ1) is 8.87. The van der Waals surface area contributed by atoms with Gasteiger partial charge in [0.05, 0.1) is 4.47 Å². The summed E-state index contributed by atoms with van der Waals surface area (Å²) in [6.45, 7) is 0. The van der Waals surface area contributed by atoms with E-state index < -0.39 is 5.82 Å². The number of benzene rings is 1. The van der Waals surface area contributed by atoms with Crippen molar-refractivity contribution >= 4 is 38.1 Å². The summed E-state index contributed by atoms with van der Waals surface area (Å²) in [4.78, 5) is 10.2. The predicted molar refractivity (Wildman–Crippen MR) is 47.2 cm³/mol. The van der Waals surface area contributed by atoms with Gasteiger partial charge < -0.3 is 0 Å². The molecule has 0 radical (unpaired) electrons. The monoisotopic (exact) mass is 280 g/mol. The summed E-state index contributed by atoms with van der Waals surface area (Å²) in [6.07, 6.45) is 0.597. The van der Waals surface area contributed by atoms with Crippen LogP contribution in [-0.2, 0) is 0 Å². The van der Waals surface area contributed by atoms with Crippen LogP contribution in [0.1, 0.15) is 10.4 Å². The van der Waals surface area contributed by atoms with Gasteiger partial charge in [-0.3, -0.25) is 4.79 Å². The van der Waals surface area contributed by atoms with Crippen molar-refractivity contribution in [3.8, 4) is 0 Å². The molecule has 1 aromatic carbocycles. The molecular formula is C7H3Br2FO. The van der Waals surface area contributed by atoms with Crippen molar-refractivity contribution in [1.29, 1.82) is 0 Å². The van der Waals surface area contributed by atoms with E-state index in [0.717, 1.165) is 0 Å². The molecule has 11 heavy (non-hydrogen) atoms. The number of rotatable bonds is 1. The molecule has 0 saturated carbocycles. The number of halogens is 3. The van der Waals surface area contributed by atoms with Crippen molar-refractivity contribution in [3.05, 3.63) is 32.5 Å². The molecule has 0 aliphatic rings. The molecule has 1 rings (SSSR count). The molecule has 1 aromatic rings. The van der Waals surface area contributed by atoms with E-state index in [9.17, 15) is 9.18 Å². The smallest absolute Gasteiger partial charge is 0.150 e. The van der Waals surface area contributed by atoms with Crippen LogP contribution in [0.25, 0.3) is 0 Å². The van der Waals surface area contributed by atoms with E-state index in [4.69, 9.17) is 0 Å². The topological polar surface area (TPSA) is 17.1 Å². The normalized spacial score (nSPS) is 9.73. The maximum Gasteiger partial charge on any atom is 0.150 e. The van der Waals surface area contributed by atoms with Crippen molar-refractivity contribution < 1.29 is 9.18 Å². The molecule has 0 unspecified atom stereocenters. The van der Waals surface area contributed by atoms with E-state index in [-0.39, 0.29) is 0 Å². The lowest BCUT2D eigenvalue weighted by Crippen LogP contribution is -1.85. The average molecular weight is 282 g/mol. The van der Waals surface area contributed by atoms with E-state index in [1.807, 2.05) is 0 Å². The van der Waals surface area contributed by atoms with Crippen LogP contribution >= 0.6 is 31.9 Å². The molecule has 0 aromatic heterocycles. The van der Waals surface area contributed by atoms with E-state index in [1.54, 1.807) is 6.07 Å². The number of hydrogen-bond acceptors (Lipinski definition) is 1. The third-order valence-corrected chi connectivity index (χ3v) is 3.11. The summed E-state index contributed by atoms with van der Waals surface area (Å²) in [5, 5.41) is 0. The quantitative estimate of drug-likeness (QED) is 0.571. The molecule has 0 spiro atoms. The van der Waals surface area contributed by atoms with Crippen molar-refractivity contribution in [2.45, 2.75) is 0 Å². The largest absolute Gasteiger partial charge is 0.298 e. The minimum absolute atomic E-state index is 0.317. The molecule has 0 heterocycles. The third-order valence-electron chi connectivity index (χ3n) is 1.14. The Balaban J connectivity index is 3.31. The standard InChI is InChI=1S/C7H3Br2FO/c8-5-1-4(3-11)2-6(10)7(5)9/h1-3H. The van der Waals surface area contributed by atoms with E-state index in [0.29, 0.717) is 20.8 Å². The first-order chi connectivity index (χ1) is 5.15. The van der Waals surface area contributed by atoms with Crippen molar-refractivity contribution in [3.63, 3.8) is 0 Å². The fraction of sp³-hybridized carbons (Fsp3) is 0. The van der Waals surface area contributed by atoms with Crippen LogP contribution in [0.15, 0.2) is 21.1 Å². The summed E-state index contributed by atoms with van der Waals surface area (Å²) >= 11 is 6.10. The second-order valence-corrected chi connectivity index (χ2v) is 3.56. The zero-order chi connectivity index (χ0) is 8.43. The highest BCUT2D eigenvalue weighted by Crippen LogP contribution is 2.26. The summed E-state index contributed by atoms with van der Waals surface area (Å²) in [7, 11) is 0. The van der Waals surface area contributed by atoms with Crippen molar-refractivity contribution in [1.82, 2.24) is 0 Å². The lowest BCUT2D eigenvalue weighted by molar-refractivity contribution is 0.112. The fourth-order valence-electron chi connectivity index (χ4n) is 0.643. The zero-order valence-corrected chi connectivity index (χ0v) is 8.45. The highest BCUT2D eigenvalue weighted by Gasteiger charge is 2.04. The molecule has 0 aliphatic carbocycles. The molecular weight excluding hydrogens is 279 g/mol. The Morgan fingerprint density at radius 3 is 2.45 bits per heavy atom. The maximum absolute atomic E-state index is 12.8. The van der Waals surface area contributed by atoms with Crippen LogP contribution in [0, 0.1) is 5.82 Å². The Kier molecular flexibility index (Phi) is 2.78. The van der Waals surface area contributed by atoms with Gasteiger partial charge in [0.1, 0.15) is 12.1 Å². The highest BCUT2D eigenvalue weighted by molar-refractivity contribution is 9.13.